The van der Waals surface area contributed by atoms with Gasteiger partial charge in [0.15, 0.2) is 0 Å². The third-order valence-electron chi connectivity index (χ3n) is 4.93. The lowest BCUT2D eigenvalue weighted by atomic mass is 9.89. The van der Waals surface area contributed by atoms with Gasteiger partial charge in [-0.05, 0) is 43.5 Å². The van der Waals surface area contributed by atoms with Crippen molar-refractivity contribution in [1.82, 2.24) is 4.90 Å². The van der Waals surface area contributed by atoms with Crippen molar-refractivity contribution in [1.29, 1.82) is 0 Å². The molecule has 1 aromatic carbocycles. The highest BCUT2D eigenvalue weighted by Crippen LogP contribution is 2.31. The molecular weight excluding hydrogens is 285 g/mol. The molecule has 0 aliphatic carbocycles. The van der Waals surface area contributed by atoms with Gasteiger partial charge in [-0.2, -0.15) is 0 Å². The molecule has 4 atom stereocenters. The van der Waals surface area contributed by atoms with Gasteiger partial charge in [0.2, 0.25) is 0 Å². The van der Waals surface area contributed by atoms with E-state index in [4.69, 9.17) is 4.74 Å². The van der Waals surface area contributed by atoms with E-state index >= 15 is 0 Å². The van der Waals surface area contributed by atoms with Crippen LogP contribution in [0.1, 0.15) is 30.9 Å². The Morgan fingerprint density at radius 2 is 2.05 bits per heavy atom. The Labute approximate surface area is 130 Å². The number of nitrogens with zero attached hydrogens (tertiary/aromatic N) is 1. The van der Waals surface area contributed by atoms with E-state index < -0.39 is 6.10 Å². The molecule has 2 fully saturated rings. The molecule has 4 nitrogen and oxygen atoms in total. The summed E-state index contributed by atoms with van der Waals surface area (Å²) in [5.74, 6) is -0.172. The number of aliphatic hydroxyl groups excluding tert-OH is 2. The van der Waals surface area contributed by atoms with Crippen LogP contribution in [-0.4, -0.2) is 53.6 Å². The van der Waals surface area contributed by atoms with E-state index in [2.05, 4.69) is 4.90 Å². The monoisotopic (exact) mass is 309 g/mol. The number of likely N-dealkylation sites (tertiary alicyclic amines) is 1. The van der Waals surface area contributed by atoms with Crippen molar-refractivity contribution >= 4 is 0 Å². The van der Waals surface area contributed by atoms with Gasteiger partial charge >= 0.3 is 0 Å². The number of benzene rings is 1. The molecule has 5 heteroatoms. The van der Waals surface area contributed by atoms with Crippen molar-refractivity contribution < 1.29 is 19.3 Å². The van der Waals surface area contributed by atoms with E-state index in [0.29, 0.717) is 26.2 Å². The number of hydrogen-bond acceptors (Lipinski definition) is 4. The van der Waals surface area contributed by atoms with Gasteiger partial charge in [-0.15, -0.1) is 0 Å². The van der Waals surface area contributed by atoms with Crippen molar-refractivity contribution in [3.63, 3.8) is 0 Å². The number of rotatable bonds is 4. The minimum absolute atomic E-state index is 0.122. The summed E-state index contributed by atoms with van der Waals surface area (Å²) in [6, 6.07) is 6.26. The van der Waals surface area contributed by atoms with E-state index in [-0.39, 0.29) is 23.9 Å². The van der Waals surface area contributed by atoms with Crippen LogP contribution in [0.15, 0.2) is 24.3 Å². The van der Waals surface area contributed by atoms with Gasteiger partial charge in [0.1, 0.15) is 5.82 Å². The van der Waals surface area contributed by atoms with Crippen LogP contribution in [0, 0.1) is 11.7 Å². The lowest BCUT2D eigenvalue weighted by molar-refractivity contribution is -0.0664. The highest BCUT2D eigenvalue weighted by atomic mass is 19.1. The first-order valence-electron chi connectivity index (χ1n) is 8.08. The summed E-state index contributed by atoms with van der Waals surface area (Å²) in [4.78, 5) is 2.25. The zero-order valence-corrected chi connectivity index (χ0v) is 12.7. The topological polar surface area (TPSA) is 52.9 Å². The van der Waals surface area contributed by atoms with E-state index in [1.54, 1.807) is 12.1 Å². The predicted molar refractivity (Wildman–Crippen MR) is 80.9 cm³/mol. The molecule has 0 aromatic heterocycles. The largest absolute Gasteiger partial charge is 0.393 e. The summed E-state index contributed by atoms with van der Waals surface area (Å²) in [7, 11) is 0. The van der Waals surface area contributed by atoms with Gasteiger partial charge in [-0.1, -0.05) is 12.1 Å². The summed E-state index contributed by atoms with van der Waals surface area (Å²) in [6.45, 7) is 2.66. The Hall–Kier alpha value is -1.01. The zero-order chi connectivity index (χ0) is 15.5. The SMILES string of the molecule is OC(CN1CCCC1C1COCCC1O)c1ccc(F)cc1. The summed E-state index contributed by atoms with van der Waals surface area (Å²) >= 11 is 0. The molecule has 1 aromatic rings. The molecule has 2 heterocycles. The highest BCUT2D eigenvalue weighted by molar-refractivity contribution is 5.19. The number of ether oxygens (including phenoxy) is 1. The fourth-order valence-electron chi connectivity index (χ4n) is 3.69. The predicted octanol–water partition coefficient (Wildman–Crippen LogP) is 1.72. The first kappa shape index (κ1) is 15.9. The lowest BCUT2D eigenvalue weighted by Crippen LogP contribution is -2.47. The zero-order valence-electron chi connectivity index (χ0n) is 12.7. The van der Waals surface area contributed by atoms with Crippen LogP contribution in [0.2, 0.25) is 0 Å². The smallest absolute Gasteiger partial charge is 0.123 e. The third kappa shape index (κ3) is 3.49. The minimum Gasteiger partial charge on any atom is -0.393 e. The summed E-state index contributed by atoms with van der Waals surface area (Å²) < 4.78 is 18.5. The van der Waals surface area contributed by atoms with Crippen LogP contribution in [0.3, 0.4) is 0 Å². The Bertz CT molecular complexity index is 481. The molecule has 122 valence electrons. The van der Waals surface area contributed by atoms with E-state index in [0.717, 1.165) is 24.9 Å². The van der Waals surface area contributed by atoms with E-state index in [1.807, 2.05) is 0 Å². The fraction of sp³-hybridized carbons (Fsp3) is 0.647. The number of aliphatic hydroxyl groups is 2. The summed E-state index contributed by atoms with van der Waals surface area (Å²) in [5, 5.41) is 20.6. The molecule has 0 radical (unpaired) electrons. The second-order valence-corrected chi connectivity index (χ2v) is 6.37. The lowest BCUT2D eigenvalue weighted by Gasteiger charge is -2.37. The van der Waals surface area contributed by atoms with Crippen molar-refractivity contribution in [3.05, 3.63) is 35.6 Å². The van der Waals surface area contributed by atoms with Gasteiger partial charge < -0.3 is 14.9 Å². The quantitative estimate of drug-likeness (QED) is 0.889. The molecule has 4 unspecified atom stereocenters. The molecule has 2 aliphatic rings. The number of hydrogen-bond donors (Lipinski definition) is 2. The molecule has 0 bridgehead atoms. The highest BCUT2D eigenvalue weighted by Gasteiger charge is 2.38. The minimum atomic E-state index is -0.636. The molecule has 3 rings (SSSR count). The molecule has 0 saturated carbocycles. The maximum absolute atomic E-state index is 13.0. The van der Waals surface area contributed by atoms with Crippen molar-refractivity contribution in [2.24, 2.45) is 5.92 Å². The second kappa shape index (κ2) is 7.04. The van der Waals surface area contributed by atoms with Crippen LogP contribution < -0.4 is 0 Å². The Morgan fingerprint density at radius 1 is 1.27 bits per heavy atom. The first-order chi connectivity index (χ1) is 10.6. The molecule has 22 heavy (non-hydrogen) atoms. The fourth-order valence-corrected chi connectivity index (χ4v) is 3.69. The molecule has 0 amide bonds. The maximum atomic E-state index is 13.0. The average molecular weight is 309 g/mol. The first-order valence-corrected chi connectivity index (χ1v) is 8.08. The van der Waals surface area contributed by atoms with Gasteiger partial charge in [0, 0.05) is 25.1 Å². The number of β-amino-alcohol motifs (C(OH)–C–C–N with tert-alkyl or cyclic N) is 1. The van der Waals surface area contributed by atoms with Crippen LogP contribution in [0.25, 0.3) is 0 Å². The second-order valence-electron chi connectivity index (χ2n) is 6.37. The molecule has 2 aliphatic heterocycles. The third-order valence-corrected chi connectivity index (χ3v) is 4.93. The normalized spacial score (nSPS) is 31.3. The van der Waals surface area contributed by atoms with Crippen LogP contribution in [0.5, 0.6) is 0 Å². The van der Waals surface area contributed by atoms with Crippen LogP contribution in [-0.2, 0) is 4.74 Å². The average Bonchev–Trinajstić information content (AvgIpc) is 2.96. The van der Waals surface area contributed by atoms with E-state index in [1.165, 1.54) is 12.1 Å². The molecule has 0 spiro atoms. The maximum Gasteiger partial charge on any atom is 0.123 e. The van der Waals surface area contributed by atoms with E-state index in [9.17, 15) is 14.6 Å². The molecule has 2 N–H and O–H groups in total. The number of halogens is 1. The summed E-state index contributed by atoms with van der Waals surface area (Å²) in [5.41, 5.74) is 0.729. The Kier molecular flexibility index (Phi) is 5.08. The molecule has 2 saturated heterocycles. The van der Waals surface area contributed by atoms with Crippen molar-refractivity contribution in [2.75, 3.05) is 26.3 Å². The van der Waals surface area contributed by atoms with Crippen molar-refractivity contribution in [3.8, 4) is 0 Å². The van der Waals surface area contributed by atoms with Crippen LogP contribution in [0.4, 0.5) is 4.39 Å². The van der Waals surface area contributed by atoms with Gasteiger partial charge in [0.25, 0.3) is 0 Å². The summed E-state index contributed by atoms with van der Waals surface area (Å²) in [6.07, 6.45) is 1.84. The van der Waals surface area contributed by atoms with Gasteiger partial charge in [-0.3, -0.25) is 4.90 Å². The molecular formula is C17H24FNO3. The van der Waals surface area contributed by atoms with Crippen LogP contribution >= 0.6 is 0 Å². The standard InChI is InChI=1S/C17H24FNO3/c18-13-5-3-12(4-6-13)17(21)10-19-8-1-2-15(19)14-11-22-9-7-16(14)20/h3-6,14-17,20-21H,1-2,7-11H2. The Balaban J connectivity index is 1.64. The Morgan fingerprint density at radius 3 is 2.77 bits per heavy atom. The van der Waals surface area contributed by atoms with Gasteiger partial charge in [0.05, 0.1) is 18.8 Å². The van der Waals surface area contributed by atoms with Gasteiger partial charge in [-0.25, -0.2) is 4.39 Å². The van der Waals surface area contributed by atoms with Crippen molar-refractivity contribution in [2.45, 2.75) is 37.5 Å².